The predicted molar refractivity (Wildman–Crippen MR) is 108 cm³/mol. The molecule has 4 heterocycles. The molecule has 0 spiro atoms. The lowest BCUT2D eigenvalue weighted by Gasteiger charge is -2.27. The molecule has 0 aliphatic carbocycles. The number of aromatic nitrogens is 4. The van der Waals surface area contributed by atoms with E-state index in [1.54, 1.807) is 17.1 Å². The van der Waals surface area contributed by atoms with Gasteiger partial charge in [0.15, 0.2) is 0 Å². The van der Waals surface area contributed by atoms with E-state index in [4.69, 9.17) is 5.10 Å². The summed E-state index contributed by atoms with van der Waals surface area (Å²) in [5, 5.41) is 5.76. The summed E-state index contributed by atoms with van der Waals surface area (Å²) in [6, 6.07) is 10.1. The van der Waals surface area contributed by atoms with Crippen LogP contribution in [0.4, 0.5) is 5.82 Å². The molecule has 5 rings (SSSR count). The fourth-order valence-electron chi connectivity index (χ4n) is 4.11. The lowest BCUT2D eigenvalue weighted by atomic mass is 10.1. The Bertz CT molecular complexity index is 1040. The monoisotopic (exact) mass is 379 g/mol. The van der Waals surface area contributed by atoms with E-state index in [-0.39, 0.29) is 11.6 Å². The van der Waals surface area contributed by atoms with Crippen molar-refractivity contribution in [1.29, 1.82) is 0 Å². The first-order valence-electron chi connectivity index (χ1n) is 9.43. The van der Waals surface area contributed by atoms with E-state index in [1.807, 2.05) is 30.0 Å². The van der Waals surface area contributed by atoms with Crippen molar-refractivity contribution >= 4 is 28.5 Å². The molecule has 1 atom stereocenters. The lowest BCUT2D eigenvalue weighted by molar-refractivity contribution is 0.480. The second kappa shape index (κ2) is 6.96. The minimum absolute atomic E-state index is 0.00986. The van der Waals surface area contributed by atoms with Crippen molar-refractivity contribution in [2.75, 3.05) is 17.2 Å². The van der Waals surface area contributed by atoms with Crippen molar-refractivity contribution in [3.63, 3.8) is 0 Å². The van der Waals surface area contributed by atoms with Crippen LogP contribution in [-0.2, 0) is 18.7 Å². The first-order chi connectivity index (χ1) is 13.3. The number of anilines is 1. The van der Waals surface area contributed by atoms with Crippen molar-refractivity contribution in [2.24, 2.45) is 0 Å². The molecule has 1 aromatic carbocycles. The molecule has 0 N–H and O–H groups in total. The number of rotatable bonds is 3. The summed E-state index contributed by atoms with van der Waals surface area (Å²) >= 11 is 1.87. The number of hydrogen-bond acceptors (Lipinski definition) is 6. The maximum atomic E-state index is 12.6. The first-order valence-corrected chi connectivity index (χ1v) is 10.6. The second-order valence-corrected chi connectivity index (χ2v) is 8.25. The zero-order valence-corrected chi connectivity index (χ0v) is 15.9. The van der Waals surface area contributed by atoms with Crippen LogP contribution in [0.1, 0.15) is 24.1 Å². The third-order valence-corrected chi connectivity index (χ3v) is 6.47. The molecule has 0 saturated carbocycles. The molecule has 3 aromatic rings. The third-order valence-electron chi connectivity index (χ3n) is 5.46. The van der Waals surface area contributed by atoms with E-state index in [1.165, 1.54) is 0 Å². The maximum absolute atomic E-state index is 12.6. The molecule has 138 valence electrons. The number of thioether (sulfide) groups is 1. The van der Waals surface area contributed by atoms with E-state index in [2.05, 4.69) is 20.9 Å². The van der Waals surface area contributed by atoms with Crippen LogP contribution < -0.4 is 10.5 Å². The van der Waals surface area contributed by atoms with Crippen molar-refractivity contribution in [3.8, 4) is 0 Å². The fourth-order valence-corrected chi connectivity index (χ4v) is 5.06. The predicted octanol–water partition coefficient (Wildman–Crippen LogP) is 2.64. The summed E-state index contributed by atoms with van der Waals surface area (Å²) in [5.74, 6) is 2.95. The van der Waals surface area contributed by atoms with Crippen LogP contribution in [0.3, 0.4) is 0 Å². The maximum Gasteiger partial charge on any atom is 0.267 e. The molecule has 1 unspecified atom stereocenters. The van der Waals surface area contributed by atoms with Crippen LogP contribution in [0.5, 0.6) is 0 Å². The number of aryl methyl sites for hydroxylation is 1. The SMILES string of the molecule is O=c1cc2c(nn1CC1CCCN1c1ncnc3ccccc13)CCSC2. The third kappa shape index (κ3) is 3.10. The Hall–Kier alpha value is -2.41. The van der Waals surface area contributed by atoms with Crippen LogP contribution in [-0.4, -0.2) is 38.1 Å². The molecule has 2 aliphatic heterocycles. The highest BCUT2D eigenvalue weighted by Gasteiger charge is 2.28. The van der Waals surface area contributed by atoms with Crippen LogP contribution in [0.2, 0.25) is 0 Å². The summed E-state index contributed by atoms with van der Waals surface area (Å²) in [7, 11) is 0. The van der Waals surface area contributed by atoms with Crippen LogP contribution in [0, 0.1) is 0 Å². The summed E-state index contributed by atoms with van der Waals surface area (Å²) in [5.41, 5.74) is 3.16. The molecule has 2 aliphatic rings. The van der Waals surface area contributed by atoms with Crippen LogP contribution in [0.15, 0.2) is 41.5 Å². The van der Waals surface area contributed by atoms with E-state index < -0.39 is 0 Å². The molecular formula is C20H21N5OS. The molecule has 7 heteroatoms. The first kappa shape index (κ1) is 16.7. The van der Waals surface area contributed by atoms with Crippen LogP contribution in [0.25, 0.3) is 10.9 Å². The zero-order chi connectivity index (χ0) is 18.2. The average molecular weight is 379 g/mol. The average Bonchev–Trinajstić information content (AvgIpc) is 3.16. The van der Waals surface area contributed by atoms with Crippen LogP contribution >= 0.6 is 11.8 Å². The molecule has 2 aromatic heterocycles. The quantitative estimate of drug-likeness (QED) is 0.697. The second-order valence-electron chi connectivity index (χ2n) is 7.14. The largest absolute Gasteiger partial charge is 0.351 e. The minimum atomic E-state index is 0.00986. The standard InChI is InChI=1S/C20H21N5OS/c26-19-10-14-12-27-9-7-17(14)23-25(19)11-15-4-3-8-24(15)20-16-5-1-2-6-18(16)21-13-22-20/h1-2,5-6,10,13,15H,3-4,7-9,11-12H2. The van der Waals surface area contributed by atoms with Gasteiger partial charge in [-0.2, -0.15) is 16.9 Å². The number of benzene rings is 1. The summed E-state index contributed by atoms with van der Waals surface area (Å²) in [6.07, 6.45) is 4.72. The van der Waals surface area contributed by atoms with Gasteiger partial charge in [-0.15, -0.1) is 0 Å². The number of fused-ring (bicyclic) bond motifs is 2. The molecule has 0 radical (unpaired) electrons. The molecule has 1 fully saturated rings. The van der Waals surface area contributed by atoms with Gasteiger partial charge in [0.2, 0.25) is 0 Å². The van der Waals surface area contributed by atoms with Gasteiger partial charge in [-0.25, -0.2) is 14.6 Å². The molecular weight excluding hydrogens is 358 g/mol. The highest BCUT2D eigenvalue weighted by molar-refractivity contribution is 7.98. The highest BCUT2D eigenvalue weighted by Crippen LogP contribution is 2.30. The van der Waals surface area contributed by atoms with Crippen molar-refractivity contribution in [3.05, 3.63) is 58.3 Å². The molecule has 0 amide bonds. The van der Waals surface area contributed by atoms with Gasteiger partial charge >= 0.3 is 0 Å². The normalized spacial score (nSPS) is 19.4. The Morgan fingerprint density at radius 2 is 2.15 bits per heavy atom. The van der Waals surface area contributed by atoms with Gasteiger partial charge in [-0.05, 0) is 36.3 Å². The Kier molecular flexibility index (Phi) is 4.32. The van der Waals surface area contributed by atoms with E-state index in [9.17, 15) is 4.79 Å². The molecule has 27 heavy (non-hydrogen) atoms. The smallest absolute Gasteiger partial charge is 0.267 e. The van der Waals surface area contributed by atoms with Gasteiger partial charge in [0.1, 0.15) is 12.1 Å². The Morgan fingerprint density at radius 1 is 1.22 bits per heavy atom. The number of para-hydroxylation sites is 1. The van der Waals surface area contributed by atoms with Gasteiger partial charge < -0.3 is 4.90 Å². The van der Waals surface area contributed by atoms with Gasteiger partial charge in [0.05, 0.1) is 23.8 Å². The Morgan fingerprint density at radius 3 is 3.11 bits per heavy atom. The number of hydrogen-bond donors (Lipinski definition) is 0. The molecule has 6 nitrogen and oxygen atoms in total. The minimum Gasteiger partial charge on any atom is -0.351 e. The zero-order valence-electron chi connectivity index (χ0n) is 15.0. The summed E-state index contributed by atoms with van der Waals surface area (Å²) in [4.78, 5) is 23.9. The summed E-state index contributed by atoms with van der Waals surface area (Å²) < 4.78 is 1.67. The Balaban J connectivity index is 1.48. The van der Waals surface area contributed by atoms with E-state index >= 15 is 0 Å². The molecule has 1 saturated heterocycles. The van der Waals surface area contributed by atoms with Crippen molar-refractivity contribution in [1.82, 2.24) is 19.7 Å². The van der Waals surface area contributed by atoms with Crippen molar-refractivity contribution < 1.29 is 0 Å². The highest BCUT2D eigenvalue weighted by atomic mass is 32.2. The van der Waals surface area contributed by atoms with Gasteiger partial charge in [0, 0.05) is 30.2 Å². The topological polar surface area (TPSA) is 63.9 Å². The van der Waals surface area contributed by atoms with Gasteiger partial charge in [-0.3, -0.25) is 4.79 Å². The van der Waals surface area contributed by atoms with E-state index in [0.29, 0.717) is 6.54 Å². The van der Waals surface area contributed by atoms with Crippen molar-refractivity contribution in [2.45, 2.75) is 37.6 Å². The van der Waals surface area contributed by atoms with Gasteiger partial charge in [0.25, 0.3) is 5.56 Å². The Labute approximate surface area is 161 Å². The summed E-state index contributed by atoms with van der Waals surface area (Å²) in [6.45, 7) is 1.56. The number of nitrogens with zero attached hydrogens (tertiary/aromatic N) is 5. The fraction of sp³-hybridized carbons (Fsp3) is 0.400. The lowest BCUT2D eigenvalue weighted by Crippen LogP contribution is -2.38. The van der Waals surface area contributed by atoms with Gasteiger partial charge in [-0.1, -0.05) is 12.1 Å². The molecule has 0 bridgehead atoms. The van der Waals surface area contributed by atoms with E-state index in [0.717, 1.165) is 65.3 Å².